The van der Waals surface area contributed by atoms with Crippen molar-refractivity contribution in [3.8, 4) is 5.75 Å². The molecular weight excluding hydrogens is 543 g/mol. The van der Waals surface area contributed by atoms with Crippen molar-refractivity contribution in [1.29, 1.82) is 0 Å². The Kier molecular flexibility index (Phi) is 7.77. The molecule has 0 saturated carbocycles. The van der Waals surface area contributed by atoms with E-state index in [9.17, 15) is 18.8 Å². The average Bonchev–Trinajstić information content (AvgIpc) is 3.66. The Morgan fingerprint density at radius 2 is 1.88 bits per heavy atom. The van der Waals surface area contributed by atoms with Crippen molar-refractivity contribution in [2.45, 2.75) is 58.2 Å². The average molecular weight is 577 g/mol. The zero-order valence-electron chi connectivity index (χ0n) is 24.0. The number of amides is 2. The van der Waals surface area contributed by atoms with Gasteiger partial charge in [0.15, 0.2) is 11.9 Å². The number of oxazole rings is 1. The van der Waals surface area contributed by atoms with Crippen molar-refractivity contribution in [1.82, 2.24) is 15.6 Å². The predicted octanol–water partition coefficient (Wildman–Crippen LogP) is 4.30. The second-order valence-corrected chi connectivity index (χ2v) is 10.4. The van der Waals surface area contributed by atoms with E-state index in [4.69, 9.17) is 13.9 Å². The topological polar surface area (TPSA) is 132 Å². The number of carbonyl (C=O) groups is 3. The summed E-state index contributed by atoms with van der Waals surface area (Å²) in [5.41, 5.74) is 1.74. The van der Waals surface area contributed by atoms with Crippen molar-refractivity contribution in [3.05, 3.63) is 82.8 Å². The van der Waals surface area contributed by atoms with Gasteiger partial charge in [-0.2, -0.15) is 0 Å². The third-order valence-corrected chi connectivity index (χ3v) is 7.53. The van der Waals surface area contributed by atoms with E-state index in [1.54, 1.807) is 12.1 Å². The molecule has 4 heterocycles. The van der Waals surface area contributed by atoms with Crippen LogP contribution in [0.5, 0.6) is 5.75 Å². The van der Waals surface area contributed by atoms with E-state index in [1.807, 2.05) is 45.9 Å². The molecule has 3 aliphatic rings. The fraction of sp³-hybridized carbons (Fsp3) is 0.355. The molecule has 0 fully saturated rings. The van der Waals surface area contributed by atoms with Gasteiger partial charge in [-0.15, -0.1) is 0 Å². The van der Waals surface area contributed by atoms with Crippen LogP contribution in [0.3, 0.4) is 0 Å². The van der Waals surface area contributed by atoms with Crippen LogP contribution in [0.1, 0.15) is 67.2 Å². The minimum absolute atomic E-state index is 0.0694. The second-order valence-electron chi connectivity index (χ2n) is 10.4. The number of anilines is 1. The van der Waals surface area contributed by atoms with Crippen molar-refractivity contribution < 1.29 is 32.7 Å². The fourth-order valence-corrected chi connectivity index (χ4v) is 5.53. The van der Waals surface area contributed by atoms with Crippen molar-refractivity contribution in [2.75, 3.05) is 12.4 Å². The molecule has 3 atom stereocenters. The number of carbonyl (C=O) groups excluding carboxylic acids is 3. The van der Waals surface area contributed by atoms with Crippen LogP contribution in [-0.4, -0.2) is 42.1 Å². The summed E-state index contributed by atoms with van der Waals surface area (Å²) in [5, 5.41) is 9.02. The number of fused-ring (bicyclic) bond motifs is 2. The minimum atomic E-state index is -1.12. The Hall–Kier alpha value is -4.67. The molecule has 0 radical (unpaired) electrons. The first kappa shape index (κ1) is 28.8. The summed E-state index contributed by atoms with van der Waals surface area (Å²) in [6, 6.07) is 9.20. The van der Waals surface area contributed by atoms with Gasteiger partial charge in [-0.3, -0.25) is 9.59 Å². The molecule has 2 bridgehead atoms. The molecule has 220 valence electrons. The number of rotatable bonds is 3. The molecule has 3 aliphatic heterocycles. The maximum atomic E-state index is 14.7. The zero-order valence-corrected chi connectivity index (χ0v) is 24.0. The number of halogens is 1. The van der Waals surface area contributed by atoms with Gasteiger partial charge in [-0.25, -0.2) is 14.2 Å². The molecule has 1 unspecified atom stereocenters. The van der Waals surface area contributed by atoms with Gasteiger partial charge in [-0.1, -0.05) is 39.8 Å². The number of nitrogens with zero attached hydrogens (tertiary/aromatic N) is 1. The largest absolute Gasteiger partial charge is 0.469 e. The third kappa shape index (κ3) is 4.88. The van der Waals surface area contributed by atoms with Gasteiger partial charge in [0.1, 0.15) is 35.0 Å². The van der Waals surface area contributed by atoms with Crippen LogP contribution in [0.2, 0.25) is 0 Å². The van der Waals surface area contributed by atoms with Crippen LogP contribution in [0.15, 0.2) is 53.2 Å². The molecule has 0 saturated heterocycles. The van der Waals surface area contributed by atoms with E-state index < -0.39 is 35.4 Å². The Morgan fingerprint density at radius 1 is 1.10 bits per heavy atom. The van der Waals surface area contributed by atoms with E-state index in [-0.39, 0.29) is 35.5 Å². The van der Waals surface area contributed by atoms with E-state index in [1.165, 1.54) is 19.2 Å². The summed E-state index contributed by atoms with van der Waals surface area (Å²) in [6.45, 7) is 7.64. The SMILES string of the molecule is CC.COC(=O)c1coc(/C2=C\[C@@]34c5cc(F)ccc5N[C@@H]3Oc3ccc(cc34)CCC(=O)NC(C(C)C)C(=O)N2)n1. The molecule has 3 N–H and O–H groups in total. The Balaban J connectivity index is 0.00000173. The molecule has 1 aromatic heterocycles. The standard InChI is InChI=1S/C29H27FN4O6.C2H6/c1-14(2)24-25(36)31-20(26-32-21(13-39-26)27(37)38-3)12-29-17-11-16(30)6-7-19(17)33-28(29)40-22-8-4-15(10-18(22)29)5-9-23(35)34-24;1-2/h4,6-8,10-14,24,28,33H,5,9H2,1-3H3,(H,31,36)(H,34,35);1-2H3/b20-12+;/t24?,28-,29+;/m1./s1. The number of hydrogen-bond donors (Lipinski definition) is 3. The number of hydrogen-bond acceptors (Lipinski definition) is 8. The molecular formula is C31H33FN4O6. The van der Waals surface area contributed by atoms with E-state index in [0.717, 1.165) is 17.4 Å². The van der Waals surface area contributed by atoms with Gasteiger partial charge in [0.2, 0.25) is 17.7 Å². The summed E-state index contributed by atoms with van der Waals surface area (Å²) in [5.74, 6) is -1.69. The summed E-state index contributed by atoms with van der Waals surface area (Å²) in [6.07, 6.45) is 2.74. The number of nitrogens with one attached hydrogen (secondary N) is 3. The molecule has 2 aromatic carbocycles. The van der Waals surface area contributed by atoms with Gasteiger partial charge < -0.3 is 29.8 Å². The van der Waals surface area contributed by atoms with E-state index >= 15 is 0 Å². The number of ether oxygens (including phenoxy) is 2. The monoisotopic (exact) mass is 576 g/mol. The summed E-state index contributed by atoms with van der Waals surface area (Å²) < 4.78 is 31.5. The number of aromatic nitrogens is 1. The van der Waals surface area contributed by atoms with Gasteiger partial charge in [0.05, 0.1) is 7.11 Å². The quantitative estimate of drug-likeness (QED) is 0.394. The normalized spacial score (nSPS) is 23.5. The summed E-state index contributed by atoms with van der Waals surface area (Å²) >= 11 is 0. The highest BCUT2D eigenvalue weighted by Gasteiger charge is 2.55. The van der Waals surface area contributed by atoms with Crippen molar-refractivity contribution in [2.24, 2.45) is 5.92 Å². The highest BCUT2D eigenvalue weighted by atomic mass is 19.1. The maximum Gasteiger partial charge on any atom is 0.360 e. The summed E-state index contributed by atoms with van der Waals surface area (Å²) in [4.78, 5) is 42.9. The van der Waals surface area contributed by atoms with Crippen molar-refractivity contribution >= 4 is 29.2 Å². The van der Waals surface area contributed by atoms with Gasteiger partial charge in [-0.05, 0) is 53.8 Å². The van der Waals surface area contributed by atoms with Crippen LogP contribution in [0.25, 0.3) is 5.70 Å². The third-order valence-electron chi connectivity index (χ3n) is 7.53. The van der Waals surface area contributed by atoms with E-state index in [0.29, 0.717) is 23.4 Å². The first-order chi connectivity index (χ1) is 20.2. The first-order valence-electron chi connectivity index (χ1n) is 13.9. The molecule has 11 heteroatoms. The number of esters is 1. The molecule has 1 spiro atoms. The van der Waals surface area contributed by atoms with Crippen LogP contribution in [0.4, 0.5) is 10.1 Å². The zero-order chi connectivity index (χ0) is 30.2. The Bertz CT molecular complexity index is 1580. The minimum Gasteiger partial charge on any atom is -0.469 e. The Morgan fingerprint density at radius 3 is 2.62 bits per heavy atom. The van der Waals surface area contributed by atoms with Gasteiger partial charge in [0, 0.05) is 17.7 Å². The highest BCUT2D eigenvalue weighted by molar-refractivity contribution is 5.94. The Labute approximate surface area is 242 Å². The lowest BCUT2D eigenvalue weighted by Gasteiger charge is -2.27. The molecule has 42 heavy (non-hydrogen) atoms. The fourth-order valence-electron chi connectivity index (χ4n) is 5.53. The van der Waals surface area contributed by atoms with Crippen molar-refractivity contribution in [3.63, 3.8) is 0 Å². The smallest absolute Gasteiger partial charge is 0.360 e. The van der Waals surface area contributed by atoms with Crippen LogP contribution >= 0.6 is 0 Å². The lowest BCUT2D eigenvalue weighted by atomic mass is 9.74. The second kappa shape index (κ2) is 11.3. The molecule has 2 amide bonds. The number of benzene rings is 2. The molecule has 0 aliphatic carbocycles. The molecule has 6 rings (SSSR count). The number of methoxy groups -OCH3 is 1. The lowest BCUT2D eigenvalue weighted by Crippen LogP contribution is -2.49. The number of aryl methyl sites for hydroxylation is 1. The van der Waals surface area contributed by atoms with Crippen LogP contribution < -0.4 is 20.7 Å². The summed E-state index contributed by atoms with van der Waals surface area (Å²) in [7, 11) is 1.22. The van der Waals surface area contributed by atoms with Crippen LogP contribution in [0, 0.1) is 11.7 Å². The lowest BCUT2D eigenvalue weighted by molar-refractivity contribution is -0.129. The first-order valence-corrected chi connectivity index (χ1v) is 13.9. The van der Waals surface area contributed by atoms with E-state index in [2.05, 4.69) is 20.9 Å². The van der Waals surface area contributed by atoms with Crippen LogP contribution in [-0.2, 0) is 26.2 Å². The molecule has 10 nitrogen and oxygen atoms in total. The van der Waals surface area contributed by atoms with Gasteiger partial charge in [0.25, 0.3) is 0 Å². The predicted molar refractivity (Wildman–Crippen MR) is 152 cm³/mol. The maximum absolute atomic E-state index is 14.7. The molecule has 3 aromatic rings. The van der Waals surface area contributed by atoms with Gasteiger partial charge >= 0.3 is 5.97 Å². The highest BCUT2D eigenvalue weighted by Crippen LogP contribution is 2.55.